The zero-order chi connectivity index (χ0) is 14.0. The van der Waals surface area contributed by atoms with Crippen molar-refractivity contribution in [2.24, 2.45) is 11.1 Å². The molecule has 1 aromatic rings. The highest BCUT2D eigenvalue weighted by Crippen LogP contribution is 2.29. The second kappa shape index (κ2) is 5.03. The molecule has 1 aliphatic heterocycles. The van der Waals surface area contributed by atoms with Gasteiger partial charge in [-0.3, -0.25) is 9.59 Å². The monoisotopic (exact) mass is 260 g/mol. The highest BCUT2D eigenvalue weighted by atomic mass is 16.2. The van der Waals surface area contributed by atoms with E-state index in [4.69, 9.17) is 5.73 Å². The first-order valence-electron chi connectivity index (χ1n) is 6.60. The molecule has 0 radical (unpaired) electrons. The number of rotatable bonds is 3. The highest BCUT2D eigenvalue weighted by molar-refractivity contribution is 5.97. The van der Waals surface area contributed by atoms with Crippen molar-refractivity contribution in [1.82, 2.24) is 0 Å². The number of primary amides is 1. The van der Waals surface area contributed by atoms with Gasteiger partial charge in [0.05, 0.1) is 5.41 Å². The number of para-hydroxylation sites is 1. The lowest BCUT2D eigenvalue weighted by atomic mass is 9.87. The average molecular weight is 260 g/mol. The lowest BCUT2D eigenvalue weighted by Crippen LogP contribution is -2.41. The molecule has 2 amide bonds. The van der Waals surface area contributed by atoms with Crippen molar-refractivity contribution >= 4 is 17.5 Å². The molecule has 4 heteroatoms. The van der Waals surface area contributed by atoms with Gasteiger partial charge in [-0.1, -0.05) is 32.0 Å². The molecular weight excluding hydrogens is 240 g/mol. The largest absolute Gasteiger partial charge is 0.369 e. The van der Waals surface area contributed by atoms with Gasteiger partial charge in [0, 0.05) is 18.7 Å². The average Bonchev–Trinajstić information content (AvgIpc) is 2.37. The predicted molar refractivity (Wildman–Crippen MR) is 74.7 cm³/mol. The van der Waals surface area contributed by atoms with E-state index in [9.17, 15) is 9.59 Å². The van der Waals surface area contributed by atoms with E-state index in [-0.39, 0.29) is 12.3 Å². The standard InChI is InChI=1S/C15H20N2O2/c1-15(2,14(16)19)10-13(18)17-9-5-7-11-6-3-4-8-12(11)17/h3-4,6,8H,5,7,9-10H2,1-2H3,(H2,16,19). The Morgan fingerprint density at radius 3 is 2.68 bits per heavy atom. The van der Waals surface area contributed by atoms with Gasteiger partial charge in [-0.25, -0.2) is 0 Å². The maximum absolute atomic E-state index is 12.4. The summed E-state index contributed by atoms with van der Waals surface area (Å²) < 4.78 is 0. The second-order valence-electron chi connectivity index (χ2n) is 5.70. The van der Waals surface area contributed by atoms with Crippen LogP contribution in [0.4, 0.5) is 5.69 Å². The van der Waals surface area contributed by atoms with Crippen LogP contribution in [0.5, 0.6) is 0 Å². The Kier molecular flexibility index (Phi) is 3.60. The minimum absolute atomic E-state index is 0.0315. The van der Waals surface area contributed by atoms with E-state index in [0.717, 1.165) is 18.5 Å². The molecule has 2 N–H and O–H groups in total. The van der Waals surface area contributed by atoms with E-state index in [0.29, 0.717) is 6.54 Å². The van der Waals surface area contributed by atoms with Crippen molar-refractivity contribution in [1.29, 1.82) is 0 Å². The molecule has 4 nitrogen and oxygen atoms in total. The van der Waals surface area contributed by atoms with E-state index in [1.54, 1.807) is 18.7 Å². The van der Waals surface area contributed by atoms with Crippen LogP contribution in [0, 0.1) is 5.41 Å². The van der Waals surface area contributed by atoms with Gasteiger partial charge < -0.3 is 10.6 Å². The Labute approximate surface area is 113 Å². The van der Waals surface area contributed by atoms with Crippen LogP contribution in [-0.2, 0) is 16.0 Å². The summed E-state index contributed by atoms with van der Waals surface area (Å²) in [6.07, 6.45) is 2.11. The maximum Gasteiger partial charge on any atom is 0.228 e. The second-order valence-corrected chi connectivity index (χ2v) is 5.70. The van der Waals surface area contributed by atoms with Crippen molar-refractivity contribution in [2.75, 3.05) is 11.4 Å². The Balaban J connectivity index is 2.20. The van der Waals surface area contributed by atoms with Crippen molar-refractivity contribution in [2.45, 2.75) is 33.1 Å². The first-order chi connectivity index (χ1) is 8.92. The number of nitrogens with zero attached hydrogens (tertiary/aromatic N) is 1. The molecule has 19 heavy (non-hydrogen) atoms. The first kappa shape index (κ1) is 13.6. The van der Waals surface area contributed by atoms with E-state index >= 15 is 0 Å². The fraction of sp³-hybridized carbons (Fsp3) is 0.467. The summed E-state index contributed by atoms with van der Waals surface area (Å²) in [5.41, 5.74) is 6.70. The van der Waals surface area contributed by atoms with E-state index in [1.165, 1.54) is 5.56 Å². The fourth-order valence-corrected chi connectivity index (χ4v) is 2.35. The predicted octanol–water partition coefficient (Wildman–Crippen LogP) is 1.87. The molecule has 1 aliphatic rings. The summed E-state index contributed by atoms with van der Waals surface area (Å²) in [5, 5.41) is 0. The van der Waals surface area contributed by atoms with Crippen molar-refractivity contribution < 1.29 is 9.59 Å². The van der Waals surface area contributed by atoms with Gasteiger partial charge in [-0.2, -0.15) is 0 Å². The molecule has 2 rings (SSSR count). The molecular formula is C15H20N2O2. The minimum Gasteiger partial charge on any atom is -0.369 e. The van der Waals surface area contributed by atoms with Gasteiger partial charge >= 0.3 is 0 Å². The zero-order valence-electron chi connectivity index (χ0n) is 11.5. The maximum atomic E-state index is 12.4. The van der Waals surface area contributed by atoms with Gasteiger partial charge in [0.25, 0.3) is 0 Å². The summed E-state index contributed by atoms with van der Waals surface area (Å²) >= 11 is 0. The number of hydrogen-bond donors (Lipinski definition) is 1. The minimum atomic E-state index is -0.802. The Hall–Kier alpha value is -1.84. The lowest BCUT2D eigenvalue weighted by molar-refractivity contribution is -0.131. The third kappa shape index (κ3) is 2.78. The number of nitrogens with two attached hydrogens (primary N) is 1. The number of fused-ring (bicyclic) bond motifs is 1. The molecule has 0 bridgehead atoms. The zero-order valence-corrected chi connectivity index (χ0v) is 11.5. The quantitative estimate of drug-likeness (QED) is 0.901. The van der Waals surface area contributed by atoms with Gasteiger partial charge in [-0.15, -0.1) is 0 Å². The fourth-order valence-electron chi connectivity index (χ4n) is 2.35. The molecule has 0 saturated heterocycles. The number of carbonyl (C=O) groups excluding carboxylic acids is 2. The van der Waals surface area contributed by atoms with Crippen molar-refractivity contribution in [3.63, 3.8) is 0 Å². The molecule has 0 aliphatic carbocycles. The van der Waals surface area contributed by atoms with Gasteiger partial charge in [0.15, 0.2) is 0 Å². The Bertz CT molecular complexity index is 509. The highest BCUT2D eigenvalue weighted by Gasteiger charge is 2.32. The Morgan fingerprint density at radius 2 is 2.00 bits per heavy atom. The first-order valence-corrected chi connectivity index (χ1v) is 6.60. The summed E-state index contributed by atoms with van der Waals surface area (Å²) in [7, 11) is 0. The molecule has 0 atom stereocenters. The van der Waals surface area contributed by atoms with Gasteiger partial charge in [0.2, 0.25) is 11.8 Å². The summed E-state index contributed by atoms with van der Waals surface area (Å²) in [5.74, 6) is -0.470. The number of hydrogen-bond acceptors (Lipinski definition) is 2. The van der Waals surface area contributed by atoms with E-state index in [2.05, 4.69) is 0 Å². The molecule has 1 aromatic carbocycles. The van der Waals surface area contributed by atoms with Crippen LogP contribution in [0.3, 0.4) is 0 Å². The van der Waals surface area contributed by atoms with Crippen molar-refractivity contribution in [3.05, 3.63) is 29.8 Å². The van der Waals surface area contributed by atoms with Crippen LogP contribution < -0.4 is 10.6 Å². The molecule has 0 spiro atoms. The van der Waals surface area contributed by atoms with Crippen LogP contribution in [0.1, 0.15) is 32.3 Å². The SMILES string of the molecule is CC(C)(CC(=O)N1CCCc2ccccc21)C(N)=O. The summed E-state index contributed by atoms with van der Waals surface area (Å²) in [6, 6.07) is 7.93. The lowest BCUT2D eigenvalue weighted by Gasteiger charge is -2.31. The van der Waals surface area contributed by atoms with E-state index < -0.39 is 11.3 Å². The third-order valence-electron chi connectivity index (χ3n) is 3.67. The Morgan fingerprint density at radius 1 is 1.32 bits per heavy atom. The molecule has 0 aromatic heterocycles. The summed E-state index contributed by atoms with van der Waals surface area (Å²) in [6.45, 7) is 4.14. The number of carbonyl (C=O) groups is 2. The molecule has 0 saturated carbocycles. The van der Waals surface area contributed by atoms with Crippen LogP contribution >= 0.6 is 0 Å². The number of aryl methyl sites for hydroxylation is 1. The molecule has 1 heterocycles. The number of anilines is 1. The smallest absolute Gasteiger partial charge is 0.228 e. The van der Waals surface area contributed by atoms with Crippen LogP contribution in [0.15, 0.2) is 24.3 Å². The number of amides is 2. The normalized spacial score (nSPS) is 14.9. The van der Waals surface area contributed by atoms with Gasteiger partial charge in [-0.05, 0) is 24.5 Å². The van der Waals surface area contributed by atoms with Gasteiger partial charge in [0.1, 0.15) is 0 Å². The molecule has 0 unspecified atom stereocenters. The van der Waals surface area contributed by atoms with Crippen molar-refractivity contribution in [3.8, 4) is 0 Å². The number of benzene rings is 1. The topological polar surface area (TPSA) is 63.4 Å². The van der Waals surface area contributed by atoms with Crippen LogP contribution in [0.2, 0.25) is 0 Å². The van der Waals surface area contributed by atoms with E-state index in [1.807, 2.05) is 24.3 Å². The third-order valence-corrected chi connectivity index (χ3v) is 3.67. The summed E-state index contributed by atoms with van der Waals surface area (Å²) in [4.78, 5) is 25.5. The van der Waals surface area contributed by atoms with Crippen LogP contribution in [-0.4, -0.2) is 18.4 Å². The molecule has 0 fully saturated rings. The van der Waals surface area contributed by atoms with Crippen LogP contribution in [0.25, 0.3) is 0 Å². The molecule has 102 valence electrons.